The monoisotopic (exact) mass is 558 g/mol. The van der Waals surface area contributed by atoms with Gasteiger partial charge < -0.3 is 20.5 Å². The predicted molar refractivity (Wildman–Crippen MR) is 137 cm³/mol. The number of aromatic nitrogens is 2. The molecule has 2 aromatic heterocycles. The van der Waals surface area contributed by atoms with E-state index in [2.05, 4.69) is 0 Å². The second-order valence-corrected chi connectivity index (χ2v) is 10.9. The Kier molecular flexibility index (Phi) is 6.71. The molecule has 5 rings (SSSR count). The van der Waals surface area contributed by atoms with Crippen molar-refractivity contribution in [1.82, 2.24) is 9.30 Å². The van der Waals surface area contributed by atoms with E-state index in [9.17, 15) is 29.6 Å². The van der Waals surface area contributed by atoms with Crippen LogP contribution in [-0.2, 0) is 32.3 Å². The number of nitro benzene ring substituents is 1. The Morgan fingerprint density at radius 1 is 1.37 bits per heavy atom. The van der Waals surface area contributed by atoms with Crippen molar-refractivity contribution in [2.75, 3.05) is 6.26 Å². The molecule has 2 amide bonds. The molecule has 2 aliphatic rings. The Bertz CT molecular complexity index is 1510. The van der Waals surface area contributed by atoms with Gasteiger partial charge in [0.1, 0.15) is 18.5 Å². The van der Waals surface area contributed by atoms with Crippen LogP contribution in [0.15, 0.2) is 47.5 Å². The van der Waals surface area contributed by atoms with Crippen molar-refractivity contribution in [1.29, 1.82) is 0 Å². The summed E-state index contributed by atoms with van der Waals surface area (Å²) in [5, 5.41) is 21.9. The number of fused-ring (bicyclic) bond motifs is 2. The number of hydrogen-bond acceptors (Lipinski definition) is 9. The van der Waals surface area contributed by atoms with Gasteiger partial charge in [0, 0.05) is 17.7 Å². The number of carbonyl (C=O) groups is 3. The first-order valence-corrected chi connectivity index (χ1v) is 13.7. The molecule has 1 saturated heterocycles. The third-order valence-electron chi connectivity index (χ3n) is 6.66. The lowest BCUT2D eigenvalue weighted by Crippen LogP contribution is -2.61. The number of imidazole rings is 1. The van der Waals surface area contributed by atoms with Gasteiger partial charge in [0.25, 0.3) is 17.9 Å². The summed E-state index contributed by atoms with van der Waals surface area (Å²) in [5.41, 5.74) is 6.64. The number of non-ortho nitro benzene ring substituents is 1. The molecule has 4 heterocycles. The zero-order valence-electron chi connectivity index (χ0n) is 20.4. The number of nitrogens with two attached hydrogens (primary N) is 1. The number of β-lactam (4-membered cyclic amide) rings is 1. The van der Waals surface area contributed by atoms with Gasteiger partial charge in [-0.05, 0) is 37.3 Å². The van der Waals surface area contributed by atoms with Gasteiger partial charge >= 0.3 is 5.97 Å². The van der Waals surface area contributed by atoms with Gasteiger partial charge in [0.2, 0.25) is 15.8 Å². The SMILES string of the molecule is CSc1c2sc(C3=C(C(=O)OCc4ccc([N+](=O)[O-])cc4)N4C(=O)[C@H]([C@@H](C)O)[C@H]4C3)cn2c[n+]1CC(N)=O. The summed E-state index contributed by atoms with van der Waals surface area (Å²) in [6.45, 7) is 1.46. The molecule has 0 saturated carbocycles. The zero-order chi connectivity index (χ0) is 27.3. The number of aliphatic hydroxyl groups excluding tert-OH is 1. The maximum atomic E-state index is 13.3. The van der Waals surface area contributed by atoms with E-state index in [1.54, 1.807) is 17.8 Å². The van der Waals surface area contributed by atoms with Gasteiger partial charge in [-0.15, -0.1) is 0 Å². The highest BCUT2D eigenvalue weighted by molar-refractivity contribution is 7.98. The van der Waals surface area contributed by atoms with E-state index in [0.717, 1.165) is 14.7 Å². The number of esters is 1. The summed E-state index contributed by atoms with van der Waals surface area (Å²) in [6, 6.07) is 5.30. The van der Waals surface area contributed by atoms with Crippen LogP contribution >= 0.6 is 23.1 Å². The lowest BCUT2D eigenvalue weighted by Gasteiger charge is -2.44. The quantitative estimate of drug-likeness (QED) is 0.0997. The third-order valence-corrected chi connectivity index (χ3v) is 8.77. The molecule has 12 nitrogen and oxygen atoms in total. The number of primary amides is 1. The number of amides is 2. The average molecular weight is 559 g/mol. The smallest absolute Gasteiger partial charge is 0.355 e. The van der Waals surface area contributed by atoms with E-state index in [1.807, 2.05) is 16.9 Å². The van der Waals surface area contributed by atoms with Crippen LogP contribution in [0.4, 0.5) is 5.69 Å². The van der Waals surface area contributed by atoms with Crippen LogP contribution < -0.4 is 10.3 Å². The summed E-state index contributed by atoms with van der Waals surface area (Å²) < 4.78 is 9.15. The van der Waals surface area contributed by atoms with Crippen molar-refractivity contribution < 1.29 is 33.7 Å². The fourth-order valence-corrected chi connectivity index (χ4v) is 7.06. The van der Waals surface area contributed by atoms with Gasteiger partial charge in [-0.2, -0.15) is 4.40 Å². The molecule has 0 unspecified atom stereocenters. The lowest BCUT2D eigenvalue weighted by molar-refractivity contribution is -0.717. The number of thiazole rings is 1. The minimum absolute atomic E-state index is 0.0310. The van der Waals surface area contributed by atoms with Crippen LogP contribution in [-0.4, -0.2) is 55.5 Å². The van der Waals surface area contributed by atoms with Crippen molar-refractivity contribution in [3.8, 4) is 0 Å². The van der Waals surface area contributed by atoms with Crippen LogP contribution in [0.25, 0.3) is 10.4 Å². The van der Waals surface area contributed by atoms with E-state index in [-0.39, 0.29) is 36.5 Å². The number of hydrogen-bond donors (Lipinski definition) is 2. The Hall–Kier alpha value is -3.75. The molecule has 0 spiro atoms. The first kappa shape index (κ1) is 25.9. The predicted octanol–water partition coefficient (Wildman–Crippen LogP) is 1.47. The highest BCUT2D eigenvalue weighted by atomic mass is 32.2. The minimum atomic E-state index is -0.865. The maximum absolute atomic E-state index is 13.3. The van der Waals surface area contributed by atoms with Crippen molar-refractivity contribution in [3.63, 3.8) is 0 Å². The lowest BCUT2D eigenvalue weighted by atomic mass is 9.83. The second-order valence-electron chi connectivity index (χ2n) is 9.10. The topological polar surface area (TPSA) is 161 Å². The largest absolute Gasteiger partial charge is 0.456 e. The highest BCUT2D eigenvalue weighted by Gasteiger charge is 2.57. The molecule has 0 bridgehead atoms. The van der Waals surface area contributed by atoms with Crippen molar-refractivity contribution in [2.45, 2.75) is 43.7 Å². The molecule has 2 aliphatic heterocycles. The summed E-state index contributed by atoms with van der Waals surface area (Å²) in [7, 11) is 0. The minimum Gasteiger partial charge on any atom is -0.456 e. The first-order chi connectivity index (χ1) is 18.1. The van der Waals surface area contributed by atoms with Crippen molar-refractivity contribution in [2.24, 2.45) is 11.7 Å². The zero-order valence-corrected chi connectivity index (χ0v) is 22.0. The normalized spacial score (nSPS) is 19.4. The maximum Gasteiger partial charge on any atom is 0.355 e. The van der Waals surface area contributed by atoms with Gasteiger partial charge in [-0.3, -0.25) is 19.7 Å². The first-order valence-electron chi connectivity index (χ1n) is 11.6. The molecule has 198 valence electrons. The Balaban J connectivity index is 1.48. The van der Waals surface area contributed by atoms with E-state index >= 15 is 0 Å². The van der Waals surface area contributed by atoms with Gasteiger partial charge in [-0.25, -0.2) is 9.36 Å². The van der Waals surface area contributed by atoms with E-state index in [4.69, 9.17) is 10.5 Å². The average Bonchev–Trinajstić information content (AvgIpc) is 3.50. The van der Waals surface area contributed by atoms with Crippen LogP contribution in [0.1, 0.15) is 23.8 Å². The van der Waals surface area contributed by atoms with Crippen LogP contribution in [0, 0.1) is 16.0 Å². The van der Waals surface area contributed by atoms with E-state index in [1.165, 1.54) is 52.3 Å². The summed E-state index contributed by atoms with van der Waals surface area (Å²) >= 11 is 2.88. The molecular formula is C24H24N5O7S2+. The number of aliphatic hydroxyl groups is 1. The number of thioether (sulfide) groups is 1. The van der Waals surface area contributed by atoms with E-state index in [0.29, 0.717) is 17.6 Å². The molecule has 14 heteroatoms. The highest BCUT2D eigenvalue weighted by Crippen LogP contribution is 2.48. The molecule has 1 fully saturated rings. The number of rotatable bonds is 9. The molecule has 3 aromatic rings. The van der Waals surface area contributed by atoms with E-state index < -0.39 is 28.8 Å². The standard InChI is InChI=1S/C24H23N5O7S2/c1-12(30)19-16-7-15(17-8-26-11-27(9-18(25)31)22(37-2)23(26)38-17)20(28(16)21(19)32)24(33)36-10-13-3-5-14(6-4-13)29(34)35/h3-6,8,11-12,16,19,30H,7,9-10H2,1-2H3,(H-,25,31)/p+1/t12-,16-,19-/m1/s1. The van der Waals surface area contributed by atoms with Crippen molar-refractivity contribution >= 4 is 57.0 Å². The molecule has 3 N–H and O–H groups in total. The van der Waals surface area contributed by atoms with Crippen molar-refractivity contribution in [3.05, 3.63) is 63.0 Å². The van der Waals surface area contributed by atoms with Crippen LogP contribution in [0.2, 0.25) is 0 Å². The Morgan fingerprint density at radius 2 is 2.08 bits per heavy atom. The van der Waals surface area contributed by atoms with Gasteiger partial charge in [0.15, 0.2) is 6.54 Å². The van der Waals surface area contributed by atoms with Crippen LogP contribution in [0.5, 0.6) is 0 Å². The fraction of sp³-hybridized carbons (Fsp3) is 0.333. The number of nitrogens with zero attached hydrogens (tertiary/aromatic N) is 4. The van der Waals surface area contributed by atoms with Gasteiger partial charge in [-0.1, -0.05) is 23.1 Å². The van der Waals surface area contributed by atoms with Crippen LogP contribution in [0.3, 0.4) is 0 Å². The summed E-state index contributed by atoms with van der Waals surface area (Å²) in [6.07, 6.45) is 4.99. The summed E-state index contributed by atoms with van der Waals surface area (Å²) in [5.74, 6) is -2.11. The fourth-order valence-electron chi connectivity index (χ4n) is 4.97. The molecule has 0 aliphatic carbocycles. The summed E-state index contributed by atoms with van der Waals surface area (Å²) in [4.78, 5) is 51.1. The Labute approximate surface area is 224 Å². The molecular weight excluding hydrogens is 534 g/mol. The number of carbonyl (C=O) groups excluding carboxylic acids is 3. The number of ether oxygens (including phenoxy) is 1. The molecule has 0 radical (unpaired) electrons. The Morgan fingerprint density at radius 3 is 2.68 bits per heavy atom. The van der Waals surface area contributed by atoms with Gasteiger partial charge in [0.05, 0.1) is 27.9 Å². The molecule has 1 aromatic carbocycles. The second kappa shape index (κ2) is 9.85. The number of benzene rings is 1. The molecule has 38 heavy (non-hydrogen) atoms. The number of nitro groups is 1. The third kappa shape index (κ3) is 4.33. The molecule has 3 atom stereocenters.